The van der Waals surface area contributed by atoms with Gasteiger partial charge in [-0.2, -0.15) is 0 Å². The lowest BCUT2D eigenvalue weighted by molar-refractivity contribution is -0.124. The molecular weight excluding hydrogens is 288 g/mol. The van der Waals surface area contributed by atoms with Crippen LogP contribution < -0.4 is 11.1 Å². The average Bonchev–Trinajstić information content (AvgIpc) is 2.70. The predicted molar refractivity (Wildman–Crippen MR) is 82.6 cm³/mol. The molecule has 0 bridgehead atoms. The molecule has 3 N–H and O–H groups in total. The van der Waals surface area contributed by atoms with Crippen LogP contribution in [0.5, 0.6) is 0 Å². The molecular formula is C15H22N2O3S. The third-order valence-corrected chi connectivity index (χ3v) is 5.76. The summed E-state index contributed by atoms with van der Waals surface area (Å²) in [6.45, 7) is 1.76. The first-order valence-electron chi connectivity index (χ1n) is 7.12. The van der Waals surface area contributed by atoms with Gasteiger partial charge < -0.3 is 11.1 Å². The zero-order chi connectivity index (χ0) is 15.5. The first-order valence-corrected chi connectivity index (χ1v) is 8.94. The van der Waals surface area contributed by atoms with Crippen molar-refractivity contribution in [3.8, 4) is 0 Å². The lowest BCUT2D eigenvalue weighted by atomic mass is 10.00. The maximum absolute atomic E-state index is 12.1. The van der Waals surface area contributed by atoms with Gasteiger partial charge in [0.2, 0.25) is 5.91 Å². The molecule has 0 aromatic heterocycles. The summed E-state index contributed by atoms with van der Waals surface area (Å²) in [6, 6.07) is 9.21. The van der Waals surface area contributed by atoms with E-state index in [2.05, 4.69) is 5.32 Å². The van der Waals surface area contributed by atoms with Gasteiger partial charge in [-0.15, -0.1) is 0 Å². The highest BCUT2D eigenvalue weighted by Crippen LogP contribution is 2.22. The largest absolute Gasteiger partial charge is 0.349 e. The number of hydrogen-bond acceptors (Lipinski definition) is 4. The highest BCUT2D eigenvalue weighted by molar-refractivity contribution is 7.91. The van der Waals surface area contributed by atoms with Crippen molar-refractivity contribution in [2.45, 2.75) is 37.8 Å². The minimum atomic E-state index is -3.04. The van der Waals surface area contributed by atoms with Crippen molar-refractivity contribution in [1.29, 1.82) is 0 Å². The Labute approximate surface area is 125 Å². The van der Waals surface area contributed by atoms with Crippen LogP contribution in [-0.4, -0.2) is 37.4 Å². The molecule has 116 valence electrons. The molecule has 0 spiro atoms. The Morgan fingerprint density at radius 1 is 1.38 bits per heavy atom. The van der Waals surface area contributed by atoms with Crippen molar-refractivity contribution in [2.24, 2.45) is 5.73 Å². The van der Waals surface area contributed by atoms with Crippen molar-refractivity contribution in [1.82, 2.24) is 5.32 Å². The molecule has 2 rings (SSSR count). The van der Waals surface area contributed by atoms with Crippen LogP contribution in [0, 0.1) is 0 Å². The monoisotopic (exact) mass is 310 g/mol. The summed E-state index contributed by atoms with van der Waals surface area (Å²) >= 11 is 0. The van der Waals surface area contributed by atoms with Gasteiger partial charge in [-0.25, -0.2) is 8.42 Å². The molecule has 0 radical (unpaired) electrons. The van der Waals surface area contributed by atoms with E-state index in [1.807, 2.05) is 30.3 Å². The number of sulfone groups is 1. The van der Waals surface area contributed by atoms with E-state index in [1.54, 1.807) is 6.92 Å². The number of carbonyl (C=O) groups is 1. The summed E-state index contributed by atoms with van der Waals surface area (Å²) in [5.74, 6) is -0.147. The summed E-state index contributed by atoms with van der Waals surface area (Å²) in [5, 5.41) is 2.80. The molecule has 1 aliphatic rings. The second-order valence-corrected chi connectivity index (χ2v) is 8.21. The molecule has 1 aromatic carbocycles. The van der Waals surface area contributed by atoms with E-state index in [1.165, 1.54) is 0 Å². The Morgan fingerprint density at radius 2 is 2.05 bits per heavy atom. The number of amides is 1. The van der Waals surface area contributed by atoms with Gasteiger partial charge in [0.15, 0.2) is 9.84 Å². The molecule has 1 unspecified atom stereocenters. The molecule has 2 atom stereocenters. The van der Waals surface area contributed by atoms with Crippen LogP contribution in [0.3, 0.4) is 0 Å². The molecule has 1 fully saturated rings. The van der Waals surface area contributed by atoms with E-state index in [0.29, 0.717) is 12.8 Å². The fraction of sp³-hybridized carbons (Fsp3) is 0.533. The van der Waals surface area contributed by atoms with Gasteiger partial charge in [0.25, 0.3) is 0 Å². The van der Waals surface area contributed by atoms with Crippen LogP contribution in [0.25, 0.3) is 0 Å². The Morgan fingerprint density at radius 3 is 2.62 bits per heavy atom. The smallest absolute Gasteiger partial charge is 0.237 e. The normalized spacial score (nSPS) is 25.4. The van der Waals surface area contributed by atoms with E-state index in [9.17, 15) is 13.2 Å². The number of hydrogen-bond donors (Lipinski definition) is 2. The van der Waals surface area contributed by atoms with Gasteiger partial charge in [-0.1, -0.05) is 30.3 Å². The van der Waals surface area contributed by atoms with E-state index in [4.69, 9.17) is 5.73 Å². The van der Waals surface area contributed by atoms with Crippen LogP contribution in [0.2, 0.25) is 0 Å². The Kier molecular flexibility index (Phi) is 4.68. The molecule has 6 heteroatoms. The van der Waals surface area contributed by atoms with Crippen molar-refractivity contribution < 1.29 is 13.2 Å². The van der Waals surface area contributed by atoms with Crippen molar-refractivity contribution in [3.05, 3.63) is 35.9 Å². The molecule has 1 amide bonds. The molecule has 1 aliphatic heterocycles. The second kappa shape index (κ2) is 6.15. The standard InChI is InChI=1S/C15H22N2O3S/c1-15(9-10-21(19,20)11-15)17-14(18)13(16)8-7-12-5-3-2-4-6-12/h2-6,13H,7-11,16H2,1H3,(H,17,18)/t13-,15?/m0/s1. The summed E-state index contributed by atoms with van der Waals surface area (Å²) in [7, 11) is -3.04. The molecule has 0 saturated carbocycles. The molecule has 5 nitrogen and oxygen atoms in total. The number of rotatable bonds is 5. The van der Waals surface area contributed by atoms with E-state index >= 15 is 0 Å². The van der Waals surface area contributed by atoms with Gasteiger partial charge in [-0.3, -0.25) is 4.79 Å². The Hall–Kier alpha value is -1.40. The number of aryl methyl sites for hydroxylation is 1. The van der Waals surface area contributed by atoms with Gasteiger partial charge in [0.1, 0.15) is 0 Å². The first kappa shape index (κ1) is 16.0. The van der Waals surface area contributed by atoms with Gasteiger partial charge in [-0.05, 0) is 31.7 Å². The second-order valence-electron chi connectivity index (χ2n) is 6.02. The van der Waals surface area contributed by atoms with E-state index < -0.39 is 21.4 Å². The number of carbonyl (C=O) groups excluding carboxylic acids is 1. The summed E-state index contributed by atoms with van der Waals surface area (Å²) in [6.07, 6.45) is 1.72. The van der Waals surface area contributed by atoms with Crippen LogP contribution in [0.4, 0.5) is 0 Å². The summed E-state index contributed by atoms with van der Waals surface area (Å²) in [5.41, 5.74) is 6.36. The highest BCUT2D eigenvalue weighted by atomic mass is 32.2. The van der Waals surface area contributed by atoms with Crippen LogP contribution >= 0.6 is 0 Å². The number of nitrogens with two attached hydrogens (primary N) is 1. The maximum Gasteiger partial charge on any atom is 0.237 e. The summed E-state index contributed by atoms with van der Waals surface area (Å²) < 4.78 is 23.1. The minimum absolute atomic E-state index is 0.00283. The SMILES string of the molecule is CC1(NC(=O)[C@@H](N)CCc2ccccc2)CCS(=O)(=O)C1. The molecule has 1 aromatic rings. The third kappa shape index (κ3) is 4.54. The van der Waals surface area contributed by atoms with E-state index in [0.717, 1.165) is 12.0 Å². The third-order valence-electron chi connectivity index (χ3n) is 3.85. The molecule has 0 aliphatic carbocycles. The highest BCUT2D eigenvalue weighted by Gasteiger charge is 2.40. The zero-order valence-corrected chi connectivity index (χ0v) is 13.0. The van der Waals surface area contributed by atoms with Crippen LogP contribution in [-0.2, 0) is 21.1 Å². The minimum Gasteiger partial charge on any atom is -0.349 e. The van der Waals surface area contributed by atoms with Gasteiger partial charge in [0.05, 0.1) is 23.1 Å². The maximum atomic E-state index is 12.1. The fourth-order valence-electron chi connectivity index (χ4n) is 2.60. The quantitative estimate of drug-likeness (QED) is 0.835. The summed E-state index contributed by atoms with van der Waals surface area (Å²) in [4.78, 5) is 12.1. The Balaban J connectivity index is 1.86. The van der Waals surface area contributed by atoms with Crippen LogP contribution in [0.15, 0.2) is 30.3 Å². The topological polar surface area (TPSA) is 89.3 Å². The predicted octanol–water partition coefficient (Wildman–Crippen LogP) is 0.640. The van der Waals surface area contributed by atoms with E-state index in [-0.39, 0.29) is 17.4 Å². The zero-order valence-electron chi connectivity index (χ0n) is 12.2. The van der Waals surface area contributed by atoms with Crippen molar-refractivity contribution >= 4 is 15.7 Å². The fourth-order valence-corrected chi connectivity index (χ4v) is 4.69. The van der Waals surface area contributed by atoms with Crippen molar-refractivity contribution in [3.63, 3.8) is 0 Å². The van der Waals surface area contributed by atoms with Gasteiger partial charge in [0, 0.05) is 0 Å². The number of nitrogens with one attached hydrogen (secondary N) is 1. The first-order chi connectivity index (χ1) is 9.80. The lowest BCUT2D eigenvalue weighted by Gasteiger charge is -2.25. The lowest BCUT2D eigenvalue weighted by Crippen LogP contribution is -2.52. The average molecular weight is 310 g/mol. The molecule has 1 saturated heterocycles. The Bertz CT molecular complexity index is 601. The molecule has 21 heavy (non-hydrogen) atoms. The van der Waals surface area contributed by atoms with Crippen molar-refractivity contribution in [2.75, 3.05) is 11.5 Å². The van der Waals surface area contributed by atoms with Gasteiger partial charge >= 0.3 is 0 Å². The number of benzene rings is 1. The van der Waals surface area contributed by atoms with Crippen LogP contribution in [0.1, 0.15) is 25.3 Å². The molecule has 1 heterocycles.